The van der Waals surface area contributed by atoms with Crippen molar-refractivity contribution in [2.24, 2.45) is 0 Å². The second-order valence-corrected chi connectivity index (χ2v) is 7.13. The van der Waals surface area contributed by atoms with Crippen molar-refractivity contribution < 1.29 is 4.79 Å². The van der Waals surface area contributed by atoms with E-state index in [4.69, 9.17) is 12.2 Å². The lowest BCUT2D eigenvalue weighted by Gasteiger charge is -2.31. The fourth-order valence-electron chi connectivity index (χ4n) is 2.78. The largest absolute Gasteiger partial charge is 0.358 e. The standard InChI is InChI=1S/C14H25N3OS2/c1-2-16-9-5-12(6-10-16)15-13(18)11-20-14(19)17-7-3-4-8-17/h12H,2-11H2,1H3,(H,15,18). The topological polar surface area (TPSA) is 35.6 Å². The molecule has 20 heavy (non-hydrogen) atoms. The van der Waals surface area contributed by atoms with Crippen molar-refractivity contribution in [3.8, 4) is 0 Å². The first-order valence-corrected chi connectivity index (χ1v) is 9.02. The van der Waals surface area contributed by atoms with Crippen molar-refractivity contribution in [2.45, 2.75) is 38.6 Å². The van der Waals surface area contributed by atoms with E-state index in [9.17, 15) is 4.79 Å². The van der Waals surface area contributed by atoms with Crippen LogP contribution in [0.15, 0.2) is 0 Å². The van der Waals surface area contributed by atoms with Gasteiger partial charge in [0, 0.05) is 32.2 Å². The van der Waals surface area contributed by atoms with Crippen LogP contribution in [0.4, 0.5) is 0 Å². The van der Waals surface area contributed by atoms with Gasteiger partial charge in [0.2, 0.25) is 5.91 Å². The SMILES string of the molecule is CCN1CCC(NC(=O)CSC(=S)N2CCCC2)CC1. The number of amides is 1. The normalized spacial score (nSPS) is 21.1. The lowest BCUT2D eigenvalue weighted by Crippen LogP contribution is -2.45. The van der Waals surface area contributed by atoms with Gasteiger partial charge in [0.15, 0.2) is 0 Å². The van der Waals surface area contributed by atoms with Crippen LogP contribution in [0.5, 0.6) is 0 Å². The van der Waals surface area contributed by atoms with Crippen LogP contribution in [0.25, 0.3) is 0 Å². The highest BCUT2D eigenvalue weighted by atomic mass is 32.2. The van der Waals surface area contributed by atoms with E-state index in [0.717, 1.165) is 49.9 Å². The molecule has 0 bridgehead atoms. The number of carbonyl (C=O) groups is 1. The molecule has 2 rings (SSSR count). The summed E-state index contributed by atoms with van der Waals surface area (Å²) in [5.74, 6) is 0.593. The van der Waals surface area contributed by atoms with Gasteiger partial charge in [0.1, 0.15) is 4.32 Å². The van der Waals surface area contributed by atoms with E-state index in [1.54, 1.807) is 0 Å². The summed E-state index contributed by atoms with van der Waals surface area (Å²) in [6.07, 6.45) is 4.59. The van der Waals surface area contributed by atoms with Crippen LogP contribution < -0.4 is 5.32 Å². The minimum Gasteiger partial charge on any atom is -0.358 e. The van der Waals surface area contributed by atoms with Crippen molar-refractivity contribution >= 4 is 34.2 Å². The second-order valence-electron chi connectivity index (χ2n) is 5.52. The fraction of sp³-hybridized carbons (Fsp3) is 0.857. The summed E-state index contributed by atoms with van der Waals surface area (Å²) in [6, 6.07) is 0.353. The first-order chi connectivity index (χ1) is 9.69. The molecular formula is C14H25N3OS2. The monoisotopic (exact) mass is 315 g/mol. The number of thiocarbonyl (C=S) groups is 1. The molecule has 0 aromatic carbocycles. The molecular weight excluding hydrogens is 290 g/mol. The molecule has 0 aromatic heterocycles. The molecule has 0 atom stereocenters. The molecule has 6 heteroatoms. The summed E-state index contributed by atoms with van der Waals surface area (Å²) in [4.78, 5) is 16.6. The first-order valence-electron chi connectivity index (χ1n) is 7.62. The molecule has 0 saturated carbocycles. The Morgan fingerprint density at radius 1 is 1.25 bits per heavy atom. The molecule has 0 unspecified atom stereocenters. The van der Waals surface area contributed by atoms with Gasteiger partial charge < -0.3 is 15.1 Å². The zero-order valence-corrected chi connectivity index (χ0v) is 13.9. The Hall–Kier alpha value is -0.330. The summed E-state index contributed by atoms with van der Waals surface area (Å²) < 4.78 is 0.887. The smallest absolute Gasteiger partial charge is 0.230 e. The van der Waals surface area contributed by atoms with Gasteiger partial charge in [0.25, 0.3) is 0 Å². The number of piperidine rings is 1. The summed E-state index contributed by atoms with van der Waals surface area (Å²) in [5.41, 5.74) is 0. The maximum absolute atomic E-state index is 12.0. The quantitative estimate of drug-likeness (QED) is 0.799. The maximum atomic E-state index is 12.0. The third-order valence-electron chi connectivity index (χ3n) is 4.09. The number of rotatable bonds is 4. The summed E-state index contributed by atoms with van der Waals surface area (Å²) in [5, 5.41) is 3.14. The zero-order chi connectivity index (χ0) is 14.4. The van der Waals surface area contributed by atoms with Crippen LogP contribution in [-0.4, -0.2) is 64.5 Å². The van der Waals surface area contributed by atoms with Gasteiger partial charge in [-0.3, -0.25) is 4.79 Å². The minimum absolute atomic E-state index is 0.131. The maximum Gasteiger partial charge on any atom is 0.230 e. The van der Waals surface area contributed by atoms with Crippen LogP contribution in [0, 0.1) is 0 Å². The summed E-state index contributed by atoms with van der Waals surface area (Å²) in [7, 11) is 0. The zero-order valence-electron chi connectivity index (χ0n) is 12.3. The highest BCUT2D eigenvalue weighted by molar-refractivity contribution is 8.23. The molecule has 2 heterocycles. The predicted molar refractivity (Wildman–Crippen MR) is 89.1 cm³/mol. The van der Waals surface area contributed by atoms with E-state index < -0.39 is 0 Å². The van der Waals surface area contributed by atoms with Crippen molar-refractivity contribution in [2.75, 3.05) is 38.5 Å². The van der Waals surface area contributed by atoms with E-state index >= 15 is 0 Å². The Morgan fingerprint density at radius 3 is 2.50 bits per heavy atom. The van der Waals surface area contributed by atoms with Gasteiger partial charge in [-0.25, -0.2) is 0 Å². The molecule has 4 nitrogen and oxygen atoms in total. The summed E-state index contributed by atoms with van der Waals surface area (Å²) >= 11 is 6.88. The van der Waals surface area contributed by atoms with E-state index in [0.29, 0.717) is 11.8 Å². The molecule has 114 valence electrons. The molecule has 0 aliphatic carbocycles. The average molecular weight is 316 g/mol. The molecule has 2 saturated heterocycles. The van der Waals surface area contributed by atoms with Crippen molar-refractivity contribution in [3.05, 3.63) is 0 Å². The number of nitrogens with zero attached hydrogens (tertiary/aromatic N) is 2. The second kappa shape index (κ2) is 8.20. The number of hydrogen-bond acceptors (Lipinski definition) is 4. The Bertz CT molecular complexity index is 337. The Kier molecular flexibility index (Phi) is 6.58. The highest BCUT2D eigenvalue weighted by Gasteiger charge is 2.20. The van der Waals surface area contributed by atoms with E-state index in [-0.39, 0.29) is 5.91 Å². The molecule has 2 aliphatic rings. The van der Waals surface area contributed by atoms with E-state index in [1.165, 1.54) is 24.6 Å². The number of carbonyl (C=O) groups excluding carboxylic acids is 1. The average Bonchev–Trinajstić information content (AvgIpc) is 3.00. The Labute approximate surface area is 131 Å². The van der Waals surface area contributed by atoms with Crippen LogP contribution in [0.2, 0.25) is 0 Å². The van der Waals surface area contributed by atoms with Gasteiger partial charge in [-0.15, -0.1) is 0 Å². The molecule has 2 fully saturated rings. The van der Waals surface area contributed by atoms with Crippen molar-refractivity contribution in [3.63, 3.8) is 0 Å². The van der Waals surface area contributed by atoms with Gasteiger partial charge in [-0.1, -0.05) is 30.9 Å². The Balaban J connectivity index is 1.61. The molecule has 1 N–H and O–H groups in total. The number of thioether (sulfide) groups is 1. The third-order valence-corrected chi connectivity index (χ3v) is 5.61. The minimum atomic E-state index is 0.131. The molecule has 0 radical (unpaired) electrons. The highest BCUT2D eigenvalue weighted by Crippen LogP contribution is 2.16. The third kappa shape index (κ3) is 4.90. The summed E-state index contributed by atoms with van der Waals surface area (Å²) in [6.45, 7) is 7.61. The van der Waals surface area contributed by atoms with Crippen molar-refractivity contribution in [1.82, 2.24) is 15.1 Å². The first kappa shape index (κ1) is 16.0. The van der Waals surface area contributed by atoms with Crippen molar-refractivity contribution in [1.29, 1.82) is 0 Å². The van der Waals surface area contributed by atoms with Crippen LogP contribution in [0.3, 0.4) is 0 Å². The van der Waals surface area contributed by atoms with Gasteiger partial charge in [-0.05, 0) is 32.2 Å². The lowest BCUT2D eigenvalue weighted by atomic mass is 10.1. The van der Waals surface area contributed by atoms with E-state index in [2.05, 4.69) is 22.0 Å². The number of nitrogens with one attached hydrogen (secondary N) is 1. The Morgan fingerprint density at radius 2 is 1.90 bits per heavy atom. The molecule has 2 aliphatic heterocycles. The van der Waals surface area contributed by atoms with Crippen LogP contribution >= 0.6 is 24.0 Å². The number of hydrogen-bond donors (Lipinski definition) is 1. The van der Waals surface area contributed by atoms with Gasteiger partial charge in [0.05, 0.1) is 5.75 Å². The van der Waals surface area contributed by atoms with Gasteiger partial charge >= 0.3 is 0 Å². The lowest BCUT2D eigenvalue weighted by molar-refractivity contribution is -0.119. The van der Waals surface area contributed by atoms with Crippen LogP contribution in [-0.2, 0) is 4.79 Å². The van der Waals surface area contributed by atoms with Gasteiger partial charge in [-0.2, -0.15) is 0 Å². The van der Waals surface area contributed by atoms with Crippen LogP contribution in [0.1, 0.15) is 32.6 Å². The molecule has 0 aromatic rings. The van der Waals surface area contributed by atoms with E-state index in [1.807, 2.05) is 0 Å². The molecule has 1 amide bonds. The predicted octanol–water partition coefficient (Wildman–Crippen LogP) is 1.70. The number of likely N-dealkylation sites (tertiary alicyclic amines) is 2. The molecule has 0 spiro atoms. The fourth-order valence-corrected chi connectivity index (χ4v) is 3.84.